The van der Waals surface area contributed by atoms with Crippen LogP contribution in [0.1, 0.15) is 6.42 Å². The molecule has 1 aliphatic carbocycles. The zero-order chi connectivity index (χ0) is 10.4. The maximum atomic E-state index is 5.64. The lowest BCUT2D eigenvalue weighted by molar-refractivity contribution is 0.370. The lowest BCUT2D eigenvalue weighted by Crippen LogP contribution is -1.99. The van der Waals surface area contributed by atoms with E-state index >= 15 is 0 Å². The Labute approximate surface area is 92.3 Å². The van der Waals surface area contributed by atoms with Gasteiger partial charge in [0, 0.05) is 6.08 Å². The maximum Gasteiger partial charge on any atom is 0.216 e. The molecular formula is C8H18O3Si3. The molecule has 0 heterocycles. The molecule has 1 rings (SSSR count). The number of hydrogen-bond acceptors (Lipinski definition) is 3. The Hall–Kier alpha value is -0.469. The van der Waals surface area contributed by atoms with Gasteiger partial charge in [-0.2, -0.15) is 0 Å². The van der Waals surface area contributed by atoms with Crippen LogP contribution in [0.4, 0.5) is 0 Å². The second-order valence-corrected chi connectivity index (χ2v) is 5.47. The van der Waals surface area contributed by atoms with E-state index in [1.54, 1.807) is 0 Å². The van der Waals surface area contributed by atoms with Crippen molar-refractivity contribution in [2.24, 2.45) is 0 Å². The Bertz CT molecular complexity index is 250. The molecule has 0 spiro atoms. The summed E-state index contributed by atoms with van der Waals surface area (Å²) in [5.41, 5.74) is 0. The second kappa shape index (κ2) is 6.10. The van der Waals surface area contributed by atoms with Crippen LogP contribution >= 0.6 is 0 Å². The molecule has 0 N–H and O–H groups in total. The van der Waals surface area contributed by atoms with E-state index in [0.717, 1.165) is 23.7 Å². The lowest BCUT2D eigenvalue weighted by atomic mass is 10.4. The lowest BCUT2D eigenvalue weighted by Gasteiger charge is -2.09. The van der Waals surface area contributed by atoms with Crippen LogP contribution in [0.2, 0.25) is 19.6 Å². The highest BCUT2D eigenvalue weighted by atomic mass is 28.2. The fraction of sp³-hybridized carbons (Fsp3) is 0.500. The van der Waals surface area contributed by atoms with Crippen LogP contribution in [0.15, 0.2) is 23.4 Å². The van der Waals surface area contributed by atoms with Crippen molar-refractivity contribution in [3.05, 3.63) is 23.4 Å². The van der Waals surface area contributed by atoms with E-state index in [0.29, 0.717) is 0 Å². The molecule has 0 unspecified atom stereocenters. The van der Waals surface area contributed by atoms with Gasteiger partial charge in [0.2, 0.25) is 29.3 Å². The Morgan fingerprint density at radius 1 is 1.00 bits per heavy atom. The third kappa shape index (κ3) is 3.03. The van der Waals surface area contributed by atoms with Crippen LogP contribution in [0.25, 0.3) is 0 Å². The molecule has 80 valence electrons. The normalized spacial score (nSPS) is 18.1. The minimum Gasteiger partial charge on any atom is -0.552 e. The van der Waals surface area contributed by atoms with E-state index < -0.39 is 19.5 Å². The van der Waals surface area contributed by atoms with Crippen LogP contribution in [0, 0.1) is 0 Å². The zero-order valence-electron chi connectivity index (χ0n) is 9.13. The van der Waals surface area contributed by atoms with E-state index in [9.17, 15) is 0 Å². The van der Waals surface area contributed by atoms with Crippen LogP contribution in [-0.2, 0) is 13.3 Å². The highest BCUT2D eigenvalue weighted by Gasteiger charge is 2.18. The molecule has 0 saturated carbocycles. The standard InChI is InChI=1S/C8H18O3Si3/c1-12-9-6-4-7(10-13-2)8(5-6)11-14-3/h4H,5,12-14H2,1-3H3. The Balaban J connectivity index is 2.59. The number of hydrogen-bond donors (Lipinski definition) is 0. The van der Waals surface area contributed by atoms with Gasteiger partial charge in [-0.1, -0.05) is 0 Å². The van der Waals surface area contributed by atoms with Crippen LogP contribution in [0.3, 0.4) is 0 Å². The SMILES string of the molecule is C[SiH2]OC1=CC(O[SiH2]C)=C(O[SiH2]C)C1. The van der Waals surface area contributed by atoms with E-state index in [1.807, 2.05) is 6.08 Å². The van der Waals surface area contributed by atoms with E-state index in [2.05, 4.69) is 19.6 Å². The molecule has 0 saturated heterocycles. The van der Waals surface area contributed by atoms with Gasteiger partial charge < -0.3 is 13.3 Å². The Morgan fingerprint density at radius 2 is 1.64 bits per heavy atom. The van der Waals surface area contributed by atoms with Crippen LogP contribution < -0.4 is 0 Å². The van der Waals surface area contributed by atoms with Crippen molar-refractivity contribution >= 4 is 29.3 Å². The molecular weight excluding hydrogens is 228 g/mol. The molecule has 3 nitrogen and oxygen atoms in total. The molecule has 14 heavy (non-hydrogen) atoms. The van der Waals surface area contributed by atoms with Crippen molar-refractivity contribution in [3.8, 4) is 0 Å². The van der Waals surface area contributed by atoms with Crippen LogP contribution in [-0.4, -0.2) is 29.3 Å². The minimum absolute atomic E-state index is 0.372. The zero-order valence-corrected chi connectivity index (χ0v) is 13.4. The van der Waals surface area contributed by atoms with Crippen molar-refractivity contribution in [2.45, 2.75) is 26.1 Å². The molecule has 1 aliphatic rings. The third-order valence-corrected chi connectivity index (χ3v) is 3.75. The molecule has 0 atom stereocenters. The molecule has 0 radical (unpaired) electrons. The summed E-state index contributed by atoms with van der Waals surface area (Å²) in [6.07, 6.45) is 2.82. The monoisotopic (exact) mass is 246 g/mol. The highest BCUT2D eigenvalue weighted by Crippen LogP contribution is 2.27. The van der Waals surface area contributed by atoms with Gasteiger partial charge in [-0.05, 0) is 19.6 Å². The molecule has 0 aromatic rings. The fourth-order valence-corrected chi connectivity index (χ4v) is 3.08. The predicted octanol–water partition coefficient (Wildman–Crippen LogP) is -0.0689. The molecule has 0 fully saturated rings. The van der Waals surface area contributed by atoms with Crippen LogP contribution in [0.5, 0.6) is 0 Å². The average Bonchev–Trinajstić information content (AvgIpc) is 2.50. The van der Waals surface area contributed by atoms with Crippen molar-refractivity contribution in [3.63, 3.8) is 0 Å². The van der Waals surface area contributed by atoms with Crippen molar-refractivity contribution in [2.75, 3.05) is 0 Å². The van der Waals surface area contributed by atoms with Gasteiger partial charge in [0.05, 0.1) is 12.2 Å². The summed E-state index contributed by atoms with van der Waals surface area (Å²) in [5.74, 6) is 2.98. The molecule has 0 aromatic carbocycles. The van der Waals surface area contributed by atoms with Gasteiger partial charge in [-0.25, -0.2) is 0 Å². The summed E-state index contributed by atoms with van der Waals surface area (Å²) < 4.78 is 16.8. The first kappa shape index (κ1) is 11.6. The number of rotatable bonds is 6. The molecule has 0 amide bonds. The fourth-order valence-electron chi connectivity index (χ4n) is 1.38. The van der Waals surface area contributed by atoms with Gasteiger partial charge >= 0.3 is 0 Å². The summed E-state index contributed by atoms with van der Waals surface area (Å²) in [6, 6.07) is 0. The quantitative estimate of drug-likeness (QED) is 0.614. The molecule has 6 heteroatoms. The maximum absolute atomic E-state index is 5.64. The van der Waals surface area contributed by atoms with Gasteiger partial charge in [-0.3, -0.25) is 0 Å². The van der Waals surface area contributed by atoms with Crippen molar-refractivity contribution in [1.82, 2.24) is 0 Å². The summed E-state index contributed by atoms with van der Waals surface area (Å²) in [7, 11) is -1.18. The third-order valence-electron chi connectivity index (χ3n) is 1.85. The summed E-state index contributed by atoms with van der Waals surface area (Å²) in [4.78, 5) is 0. The molecule has 0 aromatic heterocycles. The van der Waals surface area contributed by atoms with E-state index in [4.69, 9.17) is 13.3 Å². The van der Waals surface area contributed by atoms with Gasteiger partial charge in [-0.15, -0.1) is 0 Å². The van der Waals surface area contributed by atoms with Crippen molar-refractivity contribution in [1.29, 1.82) is 0 Å². The first-order valence-electron chi connectivity index (χ1n) is 5.13. The largest absolute Gasteiger partial charge is 0.552 e. The van der Waals surface area contributed by atoms with Gasteiger partial charge in [0.25, 0.3) is 0 Å². The summed E-state index contributed by atoms with van der Waals surface area (Å²) in [6.45, 7) is 6.38. The number of allylic oxidation sites excluding steroid dienone is 1. The van der Waals surface area contributed by atoms with E-state index in [-0.39, 0.29) is 9.76 Å². The first-order chi connectivity index (χ1) is 6.81. The van der Waals surface area contributed by atoms with Gasteiger partial charge in [0.15, 0.2) is 0 Å². The van der Waals surface area contributed by atoms with Crippen molar-refractivity contribution < 1.29 is 13.3 Å². The highest BCUT2D eigenvalue weighted by molar-refractivity contribution is 6.26. The molecule has 0 aliphatic heterocycles. The topological polar surface area (TPSA) is 27.7 Å². The first-order valence-corrected chi connectivity index (χ1v) is 11.1. The minimum atomic E-state index is -0.412. The Morgan fingerprint density at radius 3 is 2.21 bits per heavy atom. The smallest absolute Gasteiger partial charge is 0.216 e. The van der Waals surface area contributed by atoms with Gasteiger partial charge in [0.1, 0.15) is 11.5 Å². The van der Waals surface area contributed by atoms with E-state index in [1.165, 1.54) is 0 Å². The second-order valence-electron chi connectivity index (χ2n) is 2.87. The predicted molar refractivity (Wildman–Crippen MR) is 66.2 cm³/mol. The average molecular weight is 246 g/mol. The molecule has 0 bridgehead atoms. The Kier molecular flexibility index (Phi) is 5.05. The summed E-state index contributed by atoms with van der Waals surface area (Å²) in [5, 5.41) is 0. The summed E-state index contributed by atoms with van der Waals surface area (Å²) >= 11 is 0.